The highest BCUT2D eigenvalue weighted by atomic mass is 32.1. The van der Waals surface area contributed by atoms with Crippen LogP contribution in [0.4, 0.5) is 0 Å². The van der Waals surface area contributed by atoms with Gasteiger partial charge in [0, 0.05) is 15.0 Å². The Kier molecular flexibility index (Phi) is 8.14. The highest BCUT2D eigenvalue weighted by Gasteiger charge is 2.58. The van der Waals surface area contributed by atoms with Crippen LogP contribution < -0.4 is 16.4 Å². The molecule has 1 aromatic heterocycles. The van der Waals surface area contributed by atoms with E-state index in [9.17, 15) is 0 Å². The van der Waals surface area contributed by atoms with E-state index in [-0.39, 0.29) is 12.1 Å². The van der Waals surface area contributed by atoms with E-state index in [4.69, 9.17) is 0 Å². The molecule has 4 saturated carbocycles. The summed E-state index contributed by atoms with van der Waals surface area (Å²) in [7, 11) is 0. The van der Waals surface area contributed by atoms with Gasteiger partial charge in [-0.3, -0.25) is 0 Å². The first-order valence-electron chi connectivity index (χ1n) is 21.0. The Morgan fingerprint density at radius 2 is 1.13 bits per heavy atom. The Hall–Kier alpha value is -4.14. The molecule has 3 unspecified atom stereocenters. The maximum atomic E-state index is 2.57. The molecule has 6 aromatic rings. The molecule has 4 fully saturated rings. The Morgan fingerprint density at radius 3 is 1.69 bits per heavy atom. The first kappa shape index (κ1) is 35.3. The van der Waals surface area contributed by atoms with Gasteiger partial charge < -0.3 is 0 Å². The maximum absolute atomic E-state index is 2.57. The summed E-state index contributed by atoms with van der Waals surface area (Å²) < 4.78 is 1.40. The first-order valence-corrected chi connectivity index (χ1v) is 21.8. The van der Waals surface area contributed by atoms with E-state index in [0.717, 1.165) is 18.3 Å². The molecule has 4 bridgehead atoms. The van der Waals surface area contributed by atoms with E-state index in [1.165, 1.54) is 114 Å². The quantitative estimate of drug-likeness (QED) is 0.150. The van der Waals surface area contributed by atoms with Crippen LogP contribution in [-0.2, 0) is 22.7 Å². The van der Waals surface area contributed by atoms with Crippen molar-refractivity contribution in [2.45, 2.75) is 110 Å². The number of benzene rings is 5. The van der Waals surface area contributed by atoms with E-state index in [2.05, 4.69) is 158 Å². The summed E-state index contributed by atoms with van der Waals surface area (Å²) in [4.78, 5) is 1.43. The molecule has 0 N–H and O–H groups in total. The fourth-order valence-corrected chi connectivity index (χ4v) is 14.4. The third-order valence-corrected chi connectivity index (χ3v) is 16.2. The predicted molar refractivity (Wildman–Crippen MR) is 239 cm³/mol. The average Bonchev–Trinajstić information content (AvgIpc) is 3.50. The largest absolute Gasteiger partial charge is 0.242 e. The van der Waals surface area contributed by atoms with Crippen molar-refractivity contribution in [2.24, 2.45) is 11.8 Å². The minimum absolute atomic E-state index is 0.0457. The molecule has 0 radical (unpaired) electrons. The van der Waals surface area contributed by atoms with Gasteiger partial charge >= 0.3 is 0 Å². The van der Waals surface area contributed by atoms with Crippen molar-refractivity contribution in [3.63, 3.8) is 0 Å². The zero-order valence-corrected chi connectivity index (χ0v) is 34.8. The van der Waals surface area contributed by atoms with E-state index < -0.39 is 0 Å². The molecule has 0 saturated heterocycles. The van der Waals surface area contributed by atoms with Crippen LogP contribution in [0.2, 0.25) is 0 Å². The first-order chi connectivity index (χ1) is 26.4. The van der Waals surface area contributed by atoms with Crippen molar-refractivity contribution in [3.8, 4) is 0 Å². The molecule has 2 heteroatoms. The fraction of sp³-hybridized carbons (Fsp3) is 0.358. The summed E-state index contributed by atoms with van der Waals surface area (Å²) in [5.41, 5.74) is 19.4. The second kappa shape index (κ2) is 12.7. The topological polar surface area (TPSA) is 0 Å². The summed E-state index contributed by atoms with van der Waals surface area (Å²) in [5.74, 6) is 1.74. The van der Waals surface area contributed by atoms with Gasteiger partial charge in [-0.2, -0.15) is 0 Å². The molecule has 0 amide bonds. The second-order valence-corrected chi connectivity index (χ2v) is 20.2. The van der Waals surface area contributed by atoms with Crippen molar-refractivity contribution in [1.82, 2.24) is 0 Å². The predicted octanol–water partition coefficient (Wildman–Crippen LogP) is 11.6. The summed E-state index contributed by atoms with van der Waals surface area (Å²) >= 11 is 1.97. The summed E-state index contributed by atoms with van der Waals surface area (Å²) in [5, 5.41) is 1.44. The summed E-state index contributed by atoms with van der Waals surface area (Å²) in [6, 6.07) is 38.7. The van der Waals surface area contributed by atoms with E-state index in [1.807, 2.05) is 11.3 Å². The van der Waals surface area contributed by atoms with E-state index in [1.54, 1.807) is 11.1 Å². The van der Waals surface area contributed by atoms with Gasteiger partial charge in [0.2, 0.25) is 6.71 Å². The second-order valence-electron chi connectivity index (χ2n) is 19.2. The summed E-state index contributed by atoms with van der Waals surface area (Å²) in [6.07, 6.45) is 14.3. The average molecular weight is 735 g/mol. The third-order valence-electron chi connectivity index (χ3n) is 15.0. The standard InChI is InChI=1S/C53H55BS/c1-33-21-35(3)49(36(4)22-33)54(50-37(5)23-34(2)24-38(50)6)44-17-18-47-45(26-44)46-31-51(7,20-19-48(46)55-47)41-13-15-43(16-14-41)53-29-39-25-40(30-53)28-52(27-39,32-53)42-11-9-8-10-12-42/h8-24,26,39-40H,25,27-32H2,1-7H3. The van der Waals surface area contributed by atoms with Gasteiger partial charge in [0.05, 0.1) is 0 Å². The van der Waals surface area contributed by atoms with Crippen molar-refractivity contribution < 1.29 is 0 Å². The van der Waals surface area contributed by atoms with Gasteiger partial charge in [-0.1, -0.05) is 154 Å². The van der Waals surface area contributed by atoms with Crippen molar-refractivity contribution in [2.75, 3.05) is 0 Å². The van der Waals surface area contributed by atoms with Gasteiger partial charge in [0.1, 0.15) is 0 Å². The third kappa shape index (κ3) is 5.68. The molecule has 0 nitrogen and oxygen atoms in total. The highest BCUT2D eigenvalue weighted by molar-refractivity contribution is 7.20. The van der Waals surface area contributed by atoms with Gasteiger partial charge in [-0.15, -0.1) is 11.3 Å². The van der Waals surface area contributed by atoms with Crippen LogP contribution in [0, 0.1) is 53.4 Å². The van der Waals surface area contributed by atoms with Crippen LogP contribution in [0.1, 0.15) is 106 Å². The maximum Gasteiger partial charge on any atom is 0.242 e. The van der Waals surface area contributed by atoms with Crippen LogP contribution in [0.3, 0.4) is 0 Å². The Morgan fingerprint density at radius 1 is 0.600 bits per heavy atom. The van der Waals surface area contributed by atoms with Crippen LogP contribution in [-0.4, -0.2) is 6.71 Å². The van der Waals surface area contributed by atoms with Gasteiger partial charge in [-0.05, 0) is 149 Å². The molecule has 0 spiro atoms. The lowest BCUT2D eigenvalue weighted by Crippen LogP contribution is -2.55. The van der Waals surface area contributed by atoms with Crippen molar-refractivity contribution >= 4 is 50.6 Å². The molecular formula is C53H55BS. The molecule has 5 aliphatic carbocycles. The molecule has 3 atom stereocenters. The zero-order chi connectivity index (χ0) is 37.9. The minimum atomic E-state index is -0.0457. The molecule has 5 aliphatic rings. The van der Waals surface area contributed by atoms with Gasteiger partial charge in [0.25, 0.3) is 0 Å². The van der Waals surface area contributed by atoms with Crippen molar-refractivity contribution in [3.05, 3.63) is 164 Å². The molecule has 11 rings (SSSR count). The molecule has 55 heavy (non-hydrogen) atoms. The number of fused-ring (bicyclic) bond motifs is 3. The Labute approximate surface area is 334 Å². The van der Waals surface area contributed by atoms with Gasteiger partial charge in [-0.25, -0.2) is 0 Å². The lowest BCUT2D eigenvalue weighted by Gasteiger charge is -2.63. The summed E-state index contributed by atoms with van der Waals surface area (Å²) in [6.45, 7) is 16.4. The lowest BCUT2D eigenvalue weighted by molar-refractivity contribution is -0.0281. The molecular weight excluding hydrogens is 679 g/mol. The molecule has 0 aliphatic heterocycles. The normalized spacial score (nSPS) is 26.5. The Bertz CT molecular complexity index is 2400. The van der Waals surface area contributed by atoms with Gasteiger partial charge in [0.15, 0.2) is 0 Å². The van der Waals surface area contributed by atoms with Crippen LogP contribution in [0.15, 0.2) is 103 Å². The molecule has 5 aromatic carbocycles. The number of thiophene rings is 1. The fourth-order valence-electron chi connectivity index (χ4n) is 13.3. The molecule has 1 heterocycles. The minimum Gasteiger partial charge on any atom is -0.136 e. The van der Waals surface area contributed by atoms with Crippen LogP contribution >= 0.6 is 11.3 Å². The Balaban J connectivity index is 1.01. The number of hydrogen-bond acceptors (Lipinski definition) is 1. The molecule has 276 valence electrons. The smallest absolute Gasteiger partial charge is 0.136 e. The number of rotatable bonds is 6. The number of allylic oxidation sites excluding steroid dienone is 1. The van der Waals surface area contributed by atoms with E-state index in [0.29, 0.717) is 10.8 Å². The van der Waals surface area contributed by atoms with E-state index >= 15 is 0 Å². The number of aryl methyl sites for hydroxylation is 6. The van der Waals surface area contributed by atoms with Crippen LogP contribution in [0.5, 0.6) is 0 Å². The van der Waals surface area contributed by atoms with Crippen molar-refractivity contribution in [1.29, 1.82) is 0 Å². The van der Waals surface area contributed by atoms with Crippen LogP contribution in [0.25, 0.3) is 16.2 Å². The lowest BCUT2D eigenvalue weighted by atomic mass is 9.34. The SMILES string of the molecule is Cc1cc(C)c(B(c2ccc3sc4c(c3c2)CC(C)(c2ccc(C35CC6CC(CC(c7ccccc7)(C6)C3)C5)cc2)C=C4)c2c(C)cc(C)cc2C)c(C)c1. The monoisotopic (exact) mass is 734 g/mol. The number of hydrogen-bond donors (Lipinski definition) is 0. The highest BCUT2D eigenvalue weighted by Crippen LogP contribution is 2.66. The zero-order valence-electron chi connectivity index (χ0n) is 34.0.